The molecule has 1 fully saturated rings. The van der Waals surface area contributed by atoms with E-state index in [1.165, 1.54) is 28.7 Å². The van der Waals surface area contributed by atoms with E-state index in [0.717, 1.165) is 52.5 Å². The van der Waals surface area contributed by atoms with E-state index in [0.29, 0.717) is 0 Å². The van der Waals surface area contributed by atoms with Gasteiger partial charge in [0, 0.05) is 45.1 Å². The molecule has 0 aliphatic carbocycles. The second-order valence-electron chi connectivity index (χ2n) is 7.94. The Morgan fingerprint density at radius 2 is 1.53 bits per heavy atom. The minimum Gasteiger partial charge on any atom is -0.379 e. The van der Waals surface area contributed by atoms with Gasteiger partial charge < -0.3 is 4.74 Å². The molecule has 1 aliphatic heterocycles. The normalized spacial score (nSPS) is 14.8. The molecule has 3 aromatic rings. The molecule has 4 heteroatoms. The highest BCUT2D eigenvalue weighted by molar-refractivity contribution is 5.63. The zero-order chi connectivity index (χ0) is 20.4. The highest BCUT2D eigenvalue weighted by Crippen LogP contribution is 2.20. The van der Waals surface area contributed by atoms with Crippen LogP contribution >= 0.6 is 0 Å². The van der Waals surface area contributed by atoms with Crippen LogP contribution in [0.15, 0.2) is 79.1 Å². The number of morpholine rings is 1. The highest BCUT2D eigenvalue weighted by atomic mass is 16.5. The molecule has 0 radical (unpaired) electrons. The van der Waals surface area contributed by atoms with Crippen molar-refractivity contribution in [1.29, 1.82) is 0 Å². The molecule has 0 amide bonds. The van der Waals surface area contributed by atoms with Gasteiger partial charge in [0.25, 0.3) is 0 Å². The standard InChI is InChI=1S/C26H31N3O/c1-2-7-25(8-3-1)26-11-9-23(10-12-26)21-29(22-24-6-4-13-27-20-24)15-5-14-28-16-18-30-19-17-28/h1-4,6-13,20H,5,14-19,21-22H2. The largest absolute Gasteiger partial charge is 0.379 e. The Morgan fingerprint density at radius 1 is 0.800 bits per heavy atom. The van der Waals surface area contributed by atoms with Crippen LogP contribution in [-0.4, -0.2) is 54.2 Å². The van der Waals surface area contributed by atoms with Crippen molar-refractivity contribution in [2.45, 2.75) is 19.5 Å². The molecule has 1 saturated heterocycles. The van der Waals surface area contributed by atoms with Crippen molar-refractivity contribution in [3.8, 4) is 11.1 Å². The predicted octanol–water partition coefficient (Wildman–Crippen LogP) is 4.47. The van der Waals surface area contributed by atoms with Crippen molar-refractivity contribution in [3.63, 3.8) is 0 Å². The van der Waals surface area contributed by atoms with Crippen LogP contribution in [0.5, 0.6) is 0 Å². The highest BCUT2D eigenvalue weighted by Gasteiger charge is 2.12. The predicted molar refractivity (Wildman–Crippen MR) is 122 cm³/mol. The third-order valence-corrected chi connectivity index (χ3v) is 5.65. The molecular weight excluding hydrogens is 370 g/mol. The van der Waals surface area contributed by atoms with Gasteiger partial charge in [-0.05, 0) is 41.3 Å². The maximum Gasteiger partial charge on any atom is 0.0594 e. The molecule has 0 bridgehead atoms. The molecule has 0 saturated carbocycles. The maximum atomic E-state index is 5.47. The first-order chi connectivity index (χ1) is 14.9. The van der Waals surface area contributed by atoms with Gasteiger partial charge in [-0.15, -0.1) is 0 Å². The molecule has 30 heavy (non-hydrogen) atoms. The van der Waals surface area contributed by atoms with Gasteiger partial charge in [-0.25, -0.2) is 0 Å². The summed E-state index contributed by atoms with van der Waals surface area (Å²) in [5, 5.41) is 0. The van der Waals surface area contributed by atoms with Crippen molar-refractivity contribution < 1.29 is 4.74 Å². The number of hydrogen-bond donors (Lipinski definition) is 0. The number of benzene rings is 2. The lowest BCUT2D eigenvalue weighted by Gasteiger charge is -2.28. The van der Waals surface area contributed by atoms with Crippen LogP contribution in [0.25, 0.3) is 11.1 Å². The molecule has 0 N–H and O–H groups in total. The molecule has 1 aliphatic rings. The third-order valence-electron chi connectivity index (χ3n) is 5.65. The van der Waals surface area contributed by atoms with Gasteiger partial charge in [0.15, 0.2) is 0 Å². The van der Waals surface area contributed by atoms with Crippen LogP contribution in [0.2, 0.25) is 0 Å². The van der Waals surface area contributed by atoms with Crippen LogP contribution in [0, 0.1) is 0 Å². The Labute approximate surface area is 180 Å². The lowest BCUT2D eigenvalue weighted by molar-refractivity contribution is 0.0359. The average Bonchev–Trinajstić information content (AvgIpc) is 2.81. The topological polar surface area (TPSA) is 28.6 Å². The van der Waals surface area contributed by atoms with Gasteiger partial charge in [-0.3, -0.25) is 14.8 Å². The summed E-state index contributed by atoms with van der Waals surface area (Å²) in [6.07, 6.45) is 4.99. The molecule has 2 aromatic carbocycles. The van der Waals surface area contributed by atoms with Gasteiger partial charge >= 0.3 is 0 Å². The first-order valence-electron chi connectivity index (χ1n) is 10.9. The van der Waals surface area contributed by atoms with Gasteiger partial charge in [-0.1, -0.05) is 60.7 Å². The summed E-state index contributed by atoms with van der Waals surface area (Å²) in [7, 11) is 0. The second kappa shape index (κ2) is 11.0. The molecule has 0 spiro atoms. The fraction of sp³-hybridized carbons (Fsp3) is 0.346. The third kappa shape index (κ3) is 6.23. The van der Waals surface area contributed by atoms with E-state index in [4.69, 9.17) is 4.74 Å². The Morgan fingerprint density at radius 3 is 2.27 bits per heavy atom. The molecule has 4 nitrogen and oxygen atoms in total. The fourth-order valence-corrected chi connectivity index (χ4v) is 4.00. The Kier molecular flexibility index (Phi) is 7.62. The fourth-order valence-electron chi connectivity index (χ4n) is 4.00. The molecule has 2 heterocycles. The van der Waals surface area contributed by atoms with Crippen LogP contribution in [0.1, 0.15) is 17.5 Å². The van der Waals surface area contributed by atoms with E-state index in [9.17, 15) is 0 Å². The number of nitrogens with zero attached hydrogens (tertiary/aromatic N) is 3. The summed E-state index contributed by atoms with van der Waals surface area (Å²) in [6, 6.07) is 23.8. The zero-order valence-electron chi connectivity index (χ0n) is 17.6. The first-order valence-corrected chi connectivity index (χ1v) is 10.9. The van der Waals surface area contributed by atoms with Crippen LogP contribution in [-0.2, 0) is 17.8 Å². The minimum absolute atomic E-state index is 0.868. The lowest BCUT2D eigenvalue weighted by Crippen LogP contribution is -2.38. The number of pyridine rings is 1. The Hall–Kier alpha value is -2.53. The maximum absolute atomic E-state index is 5.47. The number of rotatable bonds is 9. The monoisotopic (exact) mass is 401 g/mol. The zero-order valence-corrected chi connectivity index (χ0v) is 17.6. The van der Waals surface area contributed by atoms with E-state index in [1.54, 1.807) is 0 Å². The van der Waals surface area contributed by atoms with Crippen LogP contribution in [0.3, 0.4) is 0 Å². The summed E-state index contributed by atoms with van der Waals surface area (Å²) < 4.78 is 5.47. The first kappa shape index (κ1) is 20.7. The van der Waals surface area contributed by atoms with Gasteiger partial charge in [0.2, 0.25) is 0 Å². The lowest BCUT2D eigenvalue weighted by atomic mass is 10.0. The van der Waals surface area contributed by atoms with E-state index in [1.807, 2.05) is 18.5 Å². The van der Waals surface area contributed by atoms with Gasteiger partial charge in [0.1, 0.15) is 0 Å². The molecular formula is C26H31N3O. The summed E-state index contributed by atoms with van der Waals surface area (Å²) in [5.74, 6) is 0. The van der Waals surface area contributed by atoms with Crippen molar-refractivity contribution in [3.05, 3.63) is 90.3 Å². The summed E-state index contributed by atoms with van der Waals surface area (Å²) in [6.45, 7) is 7.95. The van der Waals surface area contributed by atoms with Crippen molar-refractivity contribution in [2.24, 2.45) is 0 Å². The average molecular weight is 402 g/mol. The van der Waals surface area contributed by atoms with E-state index < -0.39 is 0 Å². The van der Waals surface area contributed by atoms with Gasteiger partial charge in [0.05, 0.1) is 13.2 Å². The molecule has 0 atom stereocenters. The molecule has 0 unspecified atom stereocenters. The van der Waals surface area contributed by atoms with Gasteiger partial charge in [-0.2, -0.15) is 0 Å². The second-order valence-corrected chi connectivity index (χ2v) is 7.94. The molecule has 1 aromatic heterocycles. The van der Waals surface area contributed by atoms with Crippen molar-refractivity contribution >= 4 is 0 Å². The molecule has 156 valence electrons. The van der Waals surface area contributed by atoms with Crippen LogP contribution in [0.4, 0.5) is 0 Å². The van der Waals surface area contributed by atoms with Crippen molar-refractivity contribution in [2.75, 3.05) is 39.4 Å². The summed E-state index contributed by atoms with van der Waals surface area (Å²) >= 11 is 0. The number of ether oxygens (including phenoxy) is 1. The van der Waals surface area contributed by atoms with E-state index >= 15 is 0 Å². The van der Waals surface area contributed by atoms with E-state index in [-0.39, 0.29) is 0 Å². The summed E-state index contributed by atoms with van der Waals surface area (Å²) in [4.78, 5) is 9.35. The number of aromatic nitrogens is 1. The quantitative estimate of drug-likeness (QED) is 0.529. The smallest absolute Gasteiger partial charge is 0.0594 e. The Bertz CT molecular complexity index is 862. The number of hydrogen-bond acceptors (Lipinski definition) is 4. The summed E-state index contributed by atoms with van der Waals surface area (Å²) in [5.41, 5.74) is 5.15. The van der Waals surface area contributed by atoms with Crippen LogP contribution < -0.4 is 0 Å². The van der Waals surface area contributed by atoms with Crippen molar-refractivity contribution in [1.82, 2.24) is 14.8 Å². The van der Waals surface area contributed by atoms with E-state index in [2.05, 4.69) is 75.4 Å². The Balaban J connectivity index is 1.38. The molecule has 4 rings (SSSR count). The minimum atomic E-state index is 0.868. The SMILES string of the molecule is c1ccc(-c2ccc(CN(CCCN3CCOCC3)Cc3cccnc3)cc2)cc1.